The zero-order valence-corrected chi connectivity index (χ0v) is 13.3. The zero-order valence-electron chi connectivity index (χ0n) is 13.3. The van der Waals surface area contributed by atoms with Gasteiger partial charge in [0, 0.05) is 26.3 Å². The van der Waals surface area contributed by atoms with E-state index >= 15 is 0 Å². The fraction of sp³-hybridized carbons (Fsp3) is 0.412. The number of fused-ring (bicyclic) bond motifs is 1. The van der Waals surface area contributed by atoms with E-state index in [-0.39, 0.29) is 0 Å². The highest BCUT2D eigenvalue weighted by molar-refractivity contribution is 5.47. The maximum absolute atomic E-state index is 10.1. The zero-order chi connectivity index (χ0) is 15.7. The summed E-state index contributed by atoms with van der Waals surface area (Å²) in [5.74, 6) is 1.58. The van der Waals surface area contributed by atoms with Crippen LogP contribution in [-0.2, 0) is 18.6 Å². The Morgan fingerprint density at radius 3 is 2.77 bits per heavy atom. The molecule has 0 amide bonds. The Hall–Kier alpha value is -2.14. The van der Waals surface area contributed by atoms with Gasteiger partial charge in [0.1, 0.15) is 5.82 Å². The lowest BCUT2D eigenvalue weighted by molar-refractivity contribution is 0.0785. The van der Waals surface area contributed by atoms with Crippen LogP contribution in [0.4, 0.5) is 11.8 Å². The average molecular weight is 298 g/mol. The van der Waals surface area contributed by atoms with Gasteiger partial charge in [-0.05, 0) is 43.0 Å². The fourth-order valence-electron chi connectivity index (χ4n) is 2.77. The van der Waals surface area contributed by atoms with E-state index in [1.807, 2.05) is 33.0 Å². The number of anilines is 2. The Kier molecular flexibility index (Phi) is 3.74. The van der Waals surface area contributed by atoms with E-state index < -0.39 is 5.60 Å². The summed E-state index contributed by atoms with van der Waals surface area (Å²) >= 11 is 0. The topological polar surface area (TPSA) is 61.3 Å². The highest BCUT2D eigenvalue weighted by Crippen LogP contribution is 2.28. The molecule has 116 valence electrons. The largest absolute Gasteiger partial charge is 0.386 e. The third-order valence-corrected chi connectivity index (χ3v) is 4.11. The molecule has 0 unspecified atom stereocenters. The monoisotopic (exact) mass is 298 g/mol. The molecule has 3 rings (SSSR count). The van der Waals surface area contributed by atoms with Crippen molar-refractivity contribution >= 4 is 11.8 Å². The average Bonchev–Trinajstić information content (AvgIpc) is 2.53. The van der Waals surface area contributed by atoms with Crippen molar-refractivity contribution in [3.05, 3.63) is 47.2 Å². The number of rotatable bonds is 3. The van der Waals surface area contributed by atoms with E-state index in [4.69, 9.17) is 0 Å². The number of benzene rings is 1. The first kappa shape index (κ1) is 14.8. The summed E-state index contributed by atoms with van der Waals surface area (Å²) in [7, 11) is 1.82. The Balaban J connectivity index is 1.85. The summed E-state index contributed by atoms with van der Waals surface area (Å²) in [6.45, 7) is 5.40. The molecule has 5 nitrogen and oxygen atoms in total. The van der Waals surface area contributed by atoms with Crippen LogP contribution in [0, 0.1) is 0 Å². The second-order valence-corrected chi connectivity index (χ2v) is 6.20. The first-order valence-electron chi connectivity index (χ1n) is 7.58. The predicted molar refractivity (Wildman–Crippen MR) is 88.0 cm³/mol. The molecule has 0 saturated carbocycles. The lowest BCUT2D eigenvalue weighted by Crippen LogP contribution is -2.31. The Bertz CT molecular complexity index is 679. The van der Waals surface area contributed by atoms with E-state index in [1.54, 1.807) is 6.20 Å². The van der Waals surface area contributed by atoms with Crippen LogP contribution < -0.4 is 10.2 Å². The number of nitrogens with one attached hydrogen (secondary N) is 1. The predicted octanol–water partition coefficient (Wildman–Crippen LogP) is 2.31. The molecule has 1 aromatic carbocycles. The van der Waals surface area contributed by atoms with Crippen LogP contribution in [0.15, 0.2) is 30.5 Å². The molecule has 0 bridgehead atoms. The van der Waals surface area contributed by atoms with Gasteiger partial charge in [0.05, 0.1) is 5.60 Å². The minimum absolute atomic E-state index is 0.640. The molecule has 22 heavy (non-hydrogen) atoms. The van der Waals surface area contributed by atoms with Crippen molar-refractivity contribution in [2.75, 3.05) is 23.8 Å². The molecule has 0 radical (unpaired) electrons. The highest BCUT2D eigenvalue weighted by Gasteiger charge is 2.21. The summed E-state index contributed by atoms with van der Waals surface area (Å²) in [6, 6.07) is 8.21. The number of hydrogen-bond donors (Lipinski definition) is 2. The normalized spacial score (nSPS) is 14.6. The number of hydrogen-bond acceptors (Lipinski definition) is 5. The van der Waals surface area contributed by atoms with Crippen LogP contribution in [0.1, 0.15) is 30.5 Å². The minimum Gasteiger partial charge on any atom is -0.386 e. The lowest BCUT2D eigenvalue weighted by atomic mass is 9.91. The van der Waals surface area contributed by atoms with Crippen molar-refractivity contribution < 1.29 is 5.11 Å². The van der Waals surface area contributed by atoms with Crippen molar-refractivity contribution in [2.45, 2.75) is 32.4 Å². The fourth-order valence-corrected chi connectivity index (χ4v) is 2.77. The smallest absolute Gasteiger partial charge is 0.224 e. The second kappa shape index (κ2) is 5.57. The van der Waals surface area contributed by atoms with E-state index in [1.165, 1.54) is 11.1 Å². The number of aliphatic hydroxyl groups is 1. The molecule has 2 N–H and O–H groups in total. The van der Waals surface area contributed by atoms with Gasteiger partial charge in [0.25, 0.3) is 0 Å². The minimum atomic E-state index is -0.791. The molecule has 0 aliphatic carbocycles. The van der Waals surface area contributed by atoms with Gasteiger partial charge >= 0.3 is 0 Å². The summed E-state index contributed by atoms with van der Waals surface area (Å²) in [5, 5.41) is 13.1. The standard InChI is InChI=1S/C17H22N4O/c1-17(2,22)14-5-4-13-11-21(9-7-12(13)10-14)15-6-8-19-16(18-3)20-15/h4-6,8,10,22H,7,9,11H2,1-3H3,(H,18,19,20). The second-order valence-electron chi connectivity index (χ2n) is 6.20. The van der Waals surface area contributed by atoms with Crippen LogP contribution in [0.5, 0.6) is 0 Å². The molecule has 2 heterocycles. The quantitative estimate of drug-likeness (QED) is 0.910. The third kappa shape index (κ3) is 2.90. The van der Waals surface area contributed by atoms with E-state index in [0.717, 1.165) is 30.9 Å². The van der Waals surface area contributed by atoms with Gasteiger partial charge in [-0.2, -0.15) is 4.98 Å². The lowest BCUT2D eigenvalue weighted by Gasteiger charge is -2.31. The summed E-state index contributed by atoms with van der Waals surface area (Å²) in [4.78, 5) is 10.9. The van der Waals surface area contributed by atoms with Gasteiger partial charge < -0.3 is 15.3 Å². The summed E-state index contributed by atoms with van der Waals surface area (Å²) < 4.78 is 0. The van der Waals surface area contributed by atoms with Gasteiger partial charge in [-0.25, -0.2) is 4.98 Å². The van der Waals surface area contributed by atoms with Gasteiger partial charge in [-0.1, -0.05) is 18.2 Å². The van der Waals surface area contributed by atoms with Crippen LogP contribution >= 0.6 is 0 Å². The maximum atomic E-state index is 10.1. The van der Waals surface area contributed by atoms with Gasteiger partial charge in [-0.15, -0.1) is 0 Å². The molecule has 1 aromatic heterocycles. The number of nitrogens with zero attached hydrogens (tertiary/aromatic N) is 3. The van der Waals surface area contributed by atoms with E-state index in [9.17, 15) is 5.11 Å². The van der Waals surface area contributed by atoms with Crippen molar-refractivity contribution in [3.63, 3.8) is 0 Å². The van der Waals surface area contributed by atoms with Gasteiger partial charge in [0.2, 0.25) is 5.95 Å². The van der Waals surface area contributed by atoms with Crippen LogP contribution in [0.25, 0.3) is 0 Å². The number of aromatic nitrogens is 2. The summed E-state index contributed by atoms with van der Waals surface area (Å²) in [5.41, 5.74) is 2.79. The molecular weight excluding hydrogens is 276 g/mol. The van der Waals surface area contributed by atoms with Crippen LogP contribution in [0.2, 0.25) is 0 Å². The van der Waals surface area contributed by atoms with Crippen LogP contribution in [-0.4, -0.2) is 28.7 Å². The Morgan fingerprint density at radius 1 is 1.23 bits per heavy atom. The summed E-state index contributed by atoms with van der Waals surface area (Å²) in [6.07, 6.45) is 2.74. The van der Waals surface area contributed by atoms with Gasteiger partial charge in [-0.3, -0.25) is 0 Å². The first-order valence-corrected chi connectivity index (χ1v) is 7.58. The van der Waals surface area contributed by atoms with E-state index in [2.05, 4.69) is 32.3 Å². The molecule has 0 atom stereocenters. The van der Waals surface area contributed by atoms with Crippen LogP contribution in [0.3, 0.4) is 0 Å². The first-order chi connectivity index (χ1) is 10.5. The molecule has 5 heteroatoms. The molecule has 1 aliphatic rings. The SMILES string of the molecule is CNc1nccc(N2CCc3cc(C(C)(C)O)ccc3C2)n1. The van der Waals surface area contributed by atoms with Crippen molar-refractivity contribution in [2.24, 2.45) is 0 Å². The molecular formula is C17H22N4O. The molecule has 2 aromatic rings. The Labute approximate surface area is 131 Å². The van der Waals surface area contributed by atoms with Crippen molar-refractivity contribution in [1.29, 1.82) is 0 Å². The van der Waals surface area contributed by atoms with E-state index in [0.29, 0.717) is 5.95 Å². The molecule has 0 fully saturated rings. The third-order valence-electron chi connectivity index (χ3n) is 4.11. The van der Waals surface area contributed by atoms with Crippen molar-refractivity contribution in [3.8, 4) is 0 Å². The Morgan fingerprint density at radius 2 is 2.05 bits per heavy atom. The molecule has 0 saturated heterocycles. The maximum Gasteiger partial charge on any atom is 0.224 e. The van der Waals surface area contributed by atoms with Crippen molar-refractivity contribution in [1.82, 2.24) is 9.97 Å². The van der Waals surface area contributed by atoms with Gasteiger partial charge in [0.15, 0.2) is 0 Å². The molecule has 1 aliphatic heterocycles. The molecule has 0 spiro atoms. The highest BCUT2D eigenvalue weighted by atomic mass is 16.3.